The lowest BCUT2D eigenvalue weighted by molar-refractivity contribution is -1.14. The standard InChI is InChI=1S/C15H26N2O6/c1-3-22-13(18)15(14(19)23-4-2,16-5-9-20-10-6-16)17-7-11-21-12-8-17/h3-12H2,1-2H3/p+2. The molecule has 0 aliphatic carbocycles. The van der Waals surface area contributed by atoms with Gasteiger partial charge in [0.25, 0.3) is 0 Å². The molecule has 0 amide bonds. The molecule has 0 bridgehead atoms. The molecule has 0 unspecified atom stereocenters. The molecule has 0 saturated carbocycles. The Morgan fingerprint density at radius 1 is 0.826 bits per heavy atom. The SMILES string of the molecule is CCOC(=O)C(C(=O)OCC)([NH+]1CCOCC1)[NH+]1CCOCC1. The Balaban J connectivity index is 2.41. The van der Waals surface area contributed by atoms with Gasteiger partial charge in [0, 0.05) is 0 Å². The smallest absolute Gasteiger partial charge is 0.442 e. The fourth-order valence-electron chi connectivity index (χ4n) is 3.37. The van der Waals surface area contributed by atoms with Crippen LogP contribution in [-0.2, 0) is 28.5 Å². The quantitative estimate of drug-likeness (QED) is 0.391. The van der Waals surface area contributed by atoms with Crippen molar-refractivity contribution in [2.45, 2.75) is 19.5 Å². The summed E-state index contributed by atoms with van der Waals surface area (Å²) >= 11 is 0. The van der Waals surface area contributed by atoms with Crippen molar-refractivity contribution in [3.63, 3.8) is 0 Å². The van der Waals surface area contributed by atoms with Crippen LogP contribution in [0.4, 0.5) is 0 Å². The first kappa shape index (κ1) is 18.1. The Morgan fingerprint density at radius 3 is 1.48 bits per heavy atom. The number of carbonyl (C=O) groups excluding carboxylic acids is 2. The second-order valence-corrected chi connectivity index (χ2v) is 5.62. The maximum Gasteiger partial charge on any atom is 0.442 e. The van der Waals surface area contributed by atoms with E-state index in [0.717, 1.165) is 9.80 Å². The molecule has 0 atom stereocenters. The van der Waals surface area contributed by atoms with E-state index in [2.05, 4.69) is 0 Å². The van der Waals surface area contributed by atoms with Gasteiger partial charge < -0.3 is 18.9 Å². The van der Waals surface area contributed by atoms with Crippen LogP contribution < -0.4 is 9.80 Å². The first-order chi connectivity index (χ1) is 11.2. The molecule has 2 saturated heterocycles. The molecule has 2 N–H and O–H groups in total. The lowest BCUT2D eigenvalue weighted by Crippen LogP contribution is -3.45. The van der Waals surface area contributed by atoms with Crippen LogP contribution in [0.25, 0.3) is 0 Å². The van der Waals surface area contributed by atoms with Gasteiger partial charge in [-0.1, -0.05) is 0 Å². The van der Waals surface area contributed by atoms with E-state index >= 15 is 0 Å². The third-order valence-corrected chi connectivity index (χ3v) is 4.42. The van der Waals surface area contributed by atoms with Crippen LogP contribution in [0.1, 0.15) is 13.8 Å². The molecular weight excluding hydrogens is 304 g/mol. The van der Waals surface area contributed by atoms with Gasteiger partial charge in [0.05, 0.1) is 39.6 Å². The monoisotopic (exact) mass is 332 g/mol. The summed E-state index contributed by atoms with van der Waals surface area (Å²) in [5.41, 5.74) is -1.39. The lowest BCUT2D eigenvalue weighted by Gasteiger charge is -2.42. The Bertz CT molecular complexity index is 367. The fourth-order valence-corrected chi connectivity index (χ4v) is 3.37. The average molecular weight is 332 g/mol. The van der Waals surface area contributed by atoms with Gasteiger partial charge in [-0.25, -0.2) is 9.59 Å². The topological polar surface area (TPSA) is 79.9 Å². The van der Waals surface area contributed by atoms with Crippen molar-refractivity contribution >= 4 is 11.9 Å². The van der Waals surface area contributed by atoms with Gasteiger partial charge in [0.2, 0.25) is 0 Å². The van der Waals surface area contributed by atoms with Crippen molar-refractivity contribution in [3.05, 3.63) is 0 Å². The molecule has 2 aliphatic heterocycles. The molecule has 2 aliphatic rings. The van der Waals surface area contributed by atoms with E-state index in [1.165, 1.54) is 0 Å². The van der Waals surface area contributed by atoms with Crippen LogP contribution in [0, 0.1) is 0 Å². The number of hydrogen-bond acceptors (Lipinski definition) is 6. The second-order valence-electron chi connectivity index (χ2n) is 5.62. The first-order valence-electron chi connectivity index (χ1n) is 8.38. The molecule has 0 aromatic heterocycles. The molecule has 2 heterocycles. The highest BCUT2D eigenvalue weighted by Gasteiger charge is 2.67. The van der Waals surface area contributed by atoms with Crippen LogP contribution in [0.2, 0.25) is 0 Å². The van der Waals surface area contributed by atoms with Crippen molar-refractivity contribution in [3.8, 4) is 0 Å². The van der Waals surface area contributed by atoms with Gasteiger partial charge in [-0.05, 0) is 13.8 Å². The molecule has 8 nitrogen and oxygen atoms in total. The Kier molecular flexibility index (Phi) is 6.76. The first-order valence-corrected chi connectivity index (χ1v) is 8.38. The van der Waals surface area contributed by atoms with E-state index in [1.54, 1.807) is 13.8 Å². The number of esters is 2. The molecule has 132 valence electrons. The molecule has 0 spiro atoms. The Labute approximate surface area is 136 Å². The van der Waals surface area contributed by atoms with E-state index in [-0.39, 0.29) is 13.2 Å². The third-order valence-electron chi connectivity index (χ3n) is 4.42. The molecule has 0 aromatic rings. The predicted octanol–water partition coefficient (Wildman–Crippen LogP) is -3.36. The minimum atomic E-state index is -1.39. The van der Waals surface area contributed by atoms with Crippen LogP contribution in [0.3, 0.4) is 0 Å². The number of carbonyl (C=O) groups is 2. The van der Waals surface area contributed by atoms with Gasteiger partial charge >= 0.3 is 17.6 Å². The maximum atomic E-state index is 12.9. The van der Waals surface area contributed by atoms with Crippen LogP contribution >= 0.6 is 0 Å². The maximum absolute atomic E-state index is 12.9. The van der Waals surface area contributed by atoms with E-state index in [9.17, 15) is 9.59 Å². The number of ether oxygens (including phenoxy) is 4. The van der Waals surface area contributed by atoms with Crippen LogP contribution in [0.5, 0.6) is 0 Å². The van der Waals surface area contributed by atoms with Crippen molar-refractivity contribution in [1.29, 1.82) is 0 Å². The summed E-state index contributed by atoms with van der Waals surface area (Å²) in [6.45, 7) is 8.29. The zero-order valence-corrected chi connectivity index (χ0v) is 14.0. The number of hydrogen-bond donors (Lipinski definition) is 2. The second kappa shape index (κ2) is 8.58. The average Bonchev–Trinajstić information content (AvgIpc) is 2.58. The zero-order chi connectivity index (χ0) is 16.7. The molecule has 2 fully saturated rings. The van der Waals surface area contributed by atoms with E-state index in [1.807, 2.05) is 0 Å². The molecule has 2 rings (SSSR count). The van der Waals surface area contributed by atoms with Gasteiger partial charge in [0.1, 0.15) is 26.2 Å². The summed E-state index contributed by atoms with van der Waals surface area (Å²) in [5, 5.41) is 0. The summed E-state index contributed by atoms with van der Waals surface area (Å²) in [6.07, 6.45) is 0. The van der Waals surface area contributed by atoms with Gasteiger partial charge in [-0.2, -0.15) is 0 Å². The van der Waals surface area contributed by atoms with Crippen LogP contribution in [-0.4, -0.2) is 83.4 Å². The molecule has 23 heavy (non-hydrogen) atoms. The molecule has 8 heteroatoms. The predicted molar refractivity (Wildman–Crippen MR) is 79.0 cm³/mol. The molecule has 0 radical (unpaired) electrons. The van der Waals surface area contributed by atoms with Crippen LogP contribution in [0.15, 0.2) is 0 Å². The Morgan fingerprint density at radius 2 is 1.17 bits per heavy atom. The summed E-state index contributed by atoms with van der Waals surface area (Å²) < 4.78 is 21.4. The molecular formula is C15H28N2O6+2. The normalized spacial score (nSPS) is 21.0. The number of rotatable bonds is 6. The van der Waals surface area contributed by atoms with E-state index in [4.69, 9.17) is 18.9 Å². The van der Waals surface area contributed by atoms with Gasteiger partial charge in [-0.3, -0.25) is 9.80 Å². The van der Waals surface area contributed by atoms with Crippen molar-refractivity contribution in [2.75, 3.05) is 65.8 Å². The molecule has 0 aromatic carbocycles. The van der Waals surface area contributed by atoms with Crippen molar-refractivity contribution in [1.82, 2.24) is 0 Å². The summed E-state index contributed by atoms with van der Waals surface area (Å²) in [7, 11) is 0. The van der Waals surface area contributed by atoms with Gasteiger partial charge in [-0.15, -0.1) is 0 Å². The summed E-state index contributed by atoms with van der Waals surface area (Å²) in [6, 6.07) is 0. The van der Waals surface area contributed by atoms with Crippen molar-refractivity contribution < 1.29 is 38.3 Å². The highest BCUT2D eigenvalue weighted by molar-refractivity contribution is 6.00. The number of morpholine rings is 2. The Hall–Kier alpha value is -1.22. The van der Waals surface area contributed by atoms with E-state index < -0.39 is 17.6 Å². The highest BCUT2D eigenvalue weighted by Crippen LogP contribution is 2.03. The fraction of sp³-hybridized carbons (Fsp3) is 0.867. The van der Waals surface area contributed by atoms with E-state index in [0.29, 0.717) is 52.6 Å². The summed E-state index contributed by atoms with van der Waals surface area (Å²) in [4.78, 5) is 27.6. The minimum absolute atomic E-state index is 0.230. The van der Waals surface area contributed by atoms with Crippen molar-refractivity contribution in [2.24, 2.45) is 0 Å². The number of nitrogens with one attached hydrogen (secondary N) is 2. The zero-order valence-electron chi connectivity index (χ0n) is 14.0. The number of quaternary nitrogens is 2. The third kappa shape index (κ3) is 3.65. The largest absolute Gasteiger partial charge is 0.456 e. The lowest BCUT2D eigenvalue weighted by atomic mass is 10.0. The minimum Gasteiger partial charge on any atom is -0.456 e. The summed E-state index contributed by atoms with van der Waals surface area (Å²) in [5.74, 6) is -1.01. The highest BCUT2D eigenvalue weighted by atomic mass is 16.6. The van der Waals surface area contributed by atoms with Gasteiger partial charge in [0.15, 0.2) is 0 Å².